The molecule has 4 heteroatoms. The first-order valence-corrected chi connectivity index (χ1v) is 7.64. The summed E-state index contributed by atoms with van der Waals surface area (Å²) in [6.07, 6.45) is 6.56. The second-order valence-corrected chi connectivity index (χ2v) is 5.39. The molecule has 24 heavy (non-hydrogen) atoms. The Morgan fingerprint density at radius 1 is 0.958 bits per heavy atom. The Labute approximate surface area is 140 Å². The fourth-order valence-corrected chi connectivity index (χ4v) is 2.15. The summed E-state index contributed by atoms with van der Waals surface area (Å²) in [5.74, 6) is 0.475. The number of hydrogen-bond donors (Lipinski definition) is 1. The van der Waals surface area contributed by atoms with Gasteiger partial charge in [-0.2, -0.15) is 0 Å². The molecule has 2 aromatic carbocycles. The summed E-state index contributed by atoms with van der Waals surface area (Å²) < 4.78 is 0. The predicted molar refractivity (Wildman–Crippen MR) is 96.3 cm³/mol. The second-order valence-electron chi connectivity index (χ2n) is 5.39. The number of anilines is 1. The van der Waals surface area contributed by atoms with Crippen molar-refractivity contribution in [2.24, 2.45) is 0 Å². The molecule has 1 N–H and O–H groups in total. The van der Waals surface area contributed by atoms with Gasteiger partial charge in [0.05, 0.1) is 0 Å². The summed E-state index contributed by atoms with van der Waals surface area (Å²) in [7, 11) is 0. The molecule has 0 unspecified atom stereocenters. The maximum Gasteiger partial charge on any atom is 0.248 e. The van der Waals surface area contributed by atoms with E-state index < -0.39 is 0 Å². The molecule has 1 heterocycles. The lowest BCUT2D eigenvalue weighted by Gasteiger charge is -2.02. The zero-order valence-corrected chi connectivity index (χ0v) is 13.3. The number of nitrogens with one attached hydrogen (secondary N) is 1. The van der Waals surface area contributed by atoms with Crippen LogP contribution in [0.2, 0.25) is 0 Å². The monoisotopic (exact) mass is 315 g/mol. The fourth-order valence-electron chi connectivity index (χ4n) is 2.15. The van der Waals surface area contributed by atoms with Crippen LogP contribution in [0.25, 0.3) is 17.5 Å². The lowest BCUT2D eigenvalue weighted by atomic mass is 10.2. The number of carbonyl (C=O) groups excluding carboxylic acids is 1. The van der Waals surface area contributed by atoms with Gasteiger partial charge in [-0.1, -0.05) is 48.0 Å². The molecule has 0 bridgehead atoms. The first kappa shape index (κ1) is 15.6. The van der Waals surface area contributed by atoms with E-state index in [2.05, 4.69) is 15.3 Å². The summed E-state index contributed by atoms with van der Waals surface area (Å²) in [6.45, 7) is 2.00. The molecule has 3 aromatic rings. The lowest BCUT2D eigenvalue weighted by molar-refractivity contribution is -0.111. The number of benzene rings is 2. The van der Waals surface area contributed by atoms with Gasteiger partial charge in [-0.05, 0) is 25.1 Å². The van der Waals surface area contributed by atoms with Crippen molar-refractivity contribution in [1.82, 2.24) is 9.97 Å². The first-order chi connectivity index (χ1) is 11.7. The van der Waals surface area contributed by atoms with E-state index >= 15 is 0 Å². The van der Waals surface area contributed by atoms with Crippen LogP contribution in [0.5, 0.6) is 0 Å². The number of rotatable bonds is 4. The quantitative estimate of drug-likeness (QED) is 0.737. The highest BCUT2D eigenvalue weighted by Gasteiger charge is 2.00. The van der Waals surface area contributed by atoms with Crippen LogP contribution in [0, 0.1) is 6.92 Å². The van der Waals surface area contributed by atoms with E-state index in [4.69, 9.17) is 0 Å². The molecule has 1 aromatic heterocycles. The molecular weight excluding hydrogens is 298 g/mol. The average molecular weight is 315 g/mol. The third-order valence-corrected chi connectivity index (χ3v) is 3.45. The van der Waals surface area contributed by atoms with Gasteiger partial charge in [0, 0.05) is 35.3 Å². The lowest BCUT2D eigenvalue weighted by Crippen LogP contribution is -2.07. The summed E-state index contributed by atoms with van der Waals surface area (Å²) in [4.78, 5) is 20.6. The molecule has 0 saturated carbocycles. The molecule has 0 atom stereocenters. The Kier molecular flexibility index (Phi) is 4.77. The fraction of sp³-hybridized carbons (Fsp3) is 0.0500. The standard InChI is InChI=1S/C20H17N3O/c1-15-7-10-18(11-8-15)23-19(24)12-9-16-13-21-20(22-14-16)17-5-3-2-4-6-17/h2-14H,1H3,(H,23,24)/b12-9+. The van der Waals surface area contributed by atoms with Crippen LogP contribution in [-0.2, 0) is 4.79 Å². The van der Waals surface area contributed by atoms with Gasteiger partial charge in [-0.3, -0.25) is 4.79 Å². The maximum atomic E-state index is 11.9. The SMILES string of the molecule is Cc1ccc(NC(=O)/C=C/c2cnc(-c3ccccc3)nc2)cc1. The Balaban J connectivity index is 1.64. The Morgan fingerprint density at radius 2 is 1.62 bits per heavy atom. The minimum absolute atomic E-state index is 0.189. The predicted octanol–water partition coefficient (Wildman–Crippen LogP) is 4.10. The Bertz CT molecular complexity index is 838. The van der Waals surface area contributed by atoms with Gasteiger partial charge < -0.3 is 5.32 Å². The van der Waals surface area contributed by atoms with Gasteiger partial charge in [0.1, 0.15) is 0 Å². The van der Waals surface area contributed by atoms with Crippen molar-refractivity contribution in [1.29, 1.82) is 0 Å². The number of amides is 1. The first-order valence-electron chi connectivity index (χ1n) is 7.64. The van der Waals surface area contributed by atoms with E-state index in [1.165, 1.54) is 6.08 Å². The molecule has 0 aliphatic carbocycles. The van der Waals surface area contributed by atoms with Gasteiger partial charge in [0.2, 0.25) is 5.91 Å². The molecular formula is C20H17N3O. The normalized spacial score (nSPS) is 10.7. The van der Waals surface area contributed by atoms with Crippen molar-refractivity contribution in [2.45, 2.75) is 6.92 Å². The zero-order valence-electron chi connectivity index (χ0n) is 13.3. The molecule has 0 aliphatic rings. The van der Waals surface area contributed by atoms with E-state index in [-0.39, 0.29) is 5.91 Å². The number of aromatic nitrogens is 2. The van der Waals surface area contributed by atoms with Crippen molar-refractivity contribution >= 4 is 17.7 Å². The highest BCUT2D eigenvalue weighted by molar-refractivity contribution is 6.01. The molecule has 0 radical (unpaired) electrons. The molecule has 1 amide bonds. The van der Waals surface area contributed by atoms with Crippen LogP contribution >= 0.6 is 0 Å². The maximum absolute atomic E-state index is 11.9. The van der Waals surface area contributed by atoms with Crippen LogP contribution < -0.4 is 5.32 Å². The van der Waals surface area contributed by atoms with Crippen molar-refractivity contribution in [2.75, 3.05) is 5.32 Å². The third kappa shape index (κ3) is 4.14. The van der Waals surface area contributed by atoms with E-state index in [1.54, 1.807) is 18.5 Å². The molecule has 3 rings (SSSR count). The highest BCUT2D eigenvalue weighted by atomic mass is 16.1. The van der Waals surface area contributed by atoms with Crippen LogP contribution in [0.3, 0.4) is 0 Å². The molecule has 118 valence electrons. The number of aryl methyl sites for hydroxylation is 1. The zero-order chi connectivity index (χ0) is 16.8. The molecule has 0 spiro atoms. The average Bonchev–Trinajstić information content (AvgIpc) is 2.63. The van der Waals surface area contributed by atoms with Crippen molar-refractivity contribution in [3.8, 4) is 11.4 Å². The molecule has 0 saturated heterocycles. The van der Waals surface area contributed by atoms with Crippen molar-refractivity contribution in [3.05, 3.63) is 84.2 Å². The number of nitrogens with zero attached hydrogens (tertiary/aromatic N) is 2. The Hall–Kier alpha value is -3.27. The smallest absolute Gasteiger partial charge is 0.248 e. The van der Waals surface area contributed by atoms with Gasteiger partial charge in [-0.15, -0.1) is 0 Å². The molecule has 0 fully saturated rings. The third-order valence-electron chi connectivity index (χ3n) is 3.45. The largest absolute Gasteiger partial charge is 0.323 e. The van der Waals surface area contributed by atoms with Crippen LogP contribution in [0.4, 0.5) is 5.69 Å². The van der Waals surface area contributed by atoms with E-state index in [0.717, 1.165) is 22.4 Å². The van der Waals surface area contributed by atoms with Crippen molar-refractivity contribution in [3.63, 3.8) is 0 Å². The van der Waals surface area contributed by atoms with Crippen molar-refractivity contribution < 1.29 is 4.79 Å². The summed E-state index contributed by atoms with van der Waals surface area (Å²) in [5.41, 5.74) is 3.66. The van der Waals surface area contributed by atoms with E-state index in [1.807, 2.05) is 61.5 Å². The highest BCUT2D eigenvalue weighted by Crippen LogP contribution is 2.13. The Morgan fingerprint density at radius 3 is 2.29 bits per heavy atom. The molecule has 0 aliphatic heterocycles. The van der Waals surface area contributed by atoms with E-state index in [9.17, 15) is 4.79 Å². The van der Waals surface area contributed by atoms with Crippen LogP contribution in [-0.4, -0.2) is 15.9 Å². The minimum atomic E-state index is -0.189. The van der Waals surface area contributed by atoms with Gasteiger partial charge in [0.15, 0.2) is 5.82 Å². The van der Waals surface area contributed by atoms with Gasteiger partial charge >= 0.3 is 0 Å². The molecule has 4 nitrogen and oxygen atoms in total. The van der Waals surface area contributed by atoms with Crippen LogP contribution in [0.1, 0.15) is 11.1 Å². The van der Waals surface area contributed by atoms with Crippen LogP contribution in [0.15, 0.2) is 73.1 Å². The van der Waals surface area contributed by atoms with Gasteiger partial charge in [-0.25, -0.2) is 9.97 Å². The van der Waals surface area contributed by atoms with E-state index in [0.29, 0.717) is 5.82 Å². The summed E-state index contributed by atoms with van der Waals surface area (Å²) >= 11 is 0. The minimum Gasteiger partial charge on any atom is -0.323 e. The second kappa shape index (κ2) is 7.33. The summed E-state index contributed by atoms with van der Waals surface area (Å²) in [6, 6.07) is 17.4. The summed E-state index contributed by atoms with van der Waals surface area (Å²) in [5, 5.41) is 2.81. The topological polar surface area (TPSA) is 54.9 Å². The van der Waals surface area contributed by atoms with Gasteiger partial charge in [0.25, 0.3) is 0 Å². The number of hydrogen-bond acceptors (Lipinski definition) is 3. The number of carbonyl (C=O) groups is 1.